The van der Waals surface area contributed by atoms with Gasteiger partial charge in [0.05, 0.1) is 5.56 Å². The molecule has 0 aromatic carbocycles. The zero-order chi connectivity index (χ0) is 11.4. The van der Waals surface area contributed by atoms with E-state index in [1.165, 1.54) is 6.42 Å². The fraction of sp³-hybridized carbons (Fsp3) is 0.583. The number of hydrogen-bond donors (Lipinski definition) is 3. The first-order valence-electron chi connectivity index (χ1n) is 5.90. The van der Waals surface area contributed by atoms with Gasteiger partial charge in [-0.3, -0.25) is 4.79 Å². The van der Waals surface area contributed by atoms with Gasteiger partial charge in [-0.25, -0.2) is 0 Å². The van der Waals surface area contributed by atoms with Crippen molar-refractivity contribution in [2.45, 2.75) is 19.8 Å². The van der Waals surface area contributed by atoms with E-state index >= 15 is 0 Å². The zero-order valence-corrected chi connectivity index (χ0v) is 10.9. The smallest absolute Gasteiger partial charge is 0.253 e. The average molecular weight is 258 g/mol. The maximum Gasteiger partial charge on any atom is 0.253 e. The second kappa shape index (κ2) is 6.67. The van der Waals surface area contributed by atoms with Crippen LogP contribution in [0.4, 0.5) is 0 Å². The van der Waals surface area contributed by atoms with Crippen LogP contribution in [0, 0.1) is 12.8 Å². The monoisotopic (exact) mass is 257 g/mol. The van der Waals surface area contributed by atoms with Gasteiger partial charge in [0.25, 0.3) is 5.91 Å². The van der Waals surface area contributed by atoms with Crippen LogP contribution in [0.3, 0.4) is 0 Å². The first-order chi connectivity index (χ1) is 7.77. The Morgan fingerprint density at radius 2 is 2.41 bits per heavy atom. The lowest BCUT2D eigenvalue weighted by molar-refractivity contribution is 0.0951. The highest BCUT2D eigenvalue weighted by Gasteiger charge is 2.15. The molecule has 4 nitrogen and oxygen atoms in total. The molecule has 1 atom stereocenters. The molecule has 2 heterocycles. The van der Waals surface area contributed by atoms with Crippen LogP contribution in [-0.2, 0) is 0 Å². The second-order valence-electron chi connectivity index (χ2n) is 4.42. The number of halogens is 1. The Morgan fingerprint density at radius 3 is 3.00 bits per heavy atom. The van der Waals surface area contributed by atoms with Crippen LogP contribution < -0.4 is 10.6 Å². The minimum Gasteiger partial charge on any atom is -0.365 e. The summed E-state index contributed by atoms with van der Waals surface area (Å²) in [7, 11) is 0. The molecule has 1 fully saturated rings. The van der Waals surface area contributed by atoms with E-state index < -0.39 is 0 Å². The normalized spacial score (nSPS) is 18.8. The lowest BCUT2D eigenvalue weighted by Gasteiger charge is -2.09. The molecule has 1 aromatic heterocycles. The molecule has 0 spiro atoms. The maximum atomic E-state index is 11.8. The van der Waals surface area contributed by atoms with Crippen molar-refractivity contribution in [3.8, 4) is 0 Å². The van der Waals surface area contributed by atoms with E-state index in [1.54, 1.807) is 6.20 Å². The lowest BCUT2D eigenvalue weighted by Crippen LogP contribution is -2.26. The number of carbonyl (C=O) groups is 1. The molecule has 1 aliphatic heterocycles. The van der Waals surface area contributed by atoms with Crippen LogP contribution >= 0.6 is 12.4 Å². The number of amides is 1. The molecule has 1 aliphatic rings. The molecule has 96 valence electrons. The Bertz CT molecular complexity index is 358. The number of aromatic amines is 1. The van der Waals surface area contributed by atoms with Crippen molar-refractivity contribution in [2.75, 3.05) is 19.6 Å². The molecule has 1 amide bonds. The van der Waals surface area contributed by atoms with Crippen molar-refractivity contribution in [1.82, 2.24) is 15.6 Å². The summed E-state index contributed by atoms with van der Waals surface area (Å²) in [6.45, 7) is 4.90. The Labute approximate surface area is 108 Å². The Kier molecular flexibility index (Phi) is 5.51. The molecule has 0 radical (unpaired) electrons. The fourth-order valence-corrected chi connectivity index (χ4v) is 2.14. The van der Waals surface area contributed by atoms with Crippen molar-refractivity contribution in [1.29, 1.82) is 0 Å². The summed E-state index contributed by atoms with van der Waals surface area (Å²) >= 11 is 0. The third-order valence-electron chi connectivity index (χ3n) is 3.20. The number of H-pyrrole nitrogens is 1. The van der Waals surface area contributed by atoms with Crippen molar-refractivity contribution >= 4 is 18.3 Å². The minimum atomic E-state index is 0. The first kappa shape index (κ1) is 14.1. The van der Waals surface area contributed by atoms with Crippen LogP contribution in [0.5, 0.6) is 0 Å². The molecule has 3 N–H and O–H groups in total. The quantitative estimate of drug-likeness (QED) is 0.765. The molecular weight excluding hydrogens is 238 g/mol. The van der Waals surface area contributed by atoms with Crippen molar-refractivity contribution in [3.63, 3.8) is 0 Å². The molecule has 1 unspecified atom stereocenters. The summed E-state index contributed by atoms with van der Waals surface area (Å²) < 4.78 is 0. The van der Waals surface area contributed by atoms with Crippen molar-refractivity contribution in [2.24, 2.45) is 5.92 Å². The summed E-state index contributed by atoms with van der Waals surface area (Å²) in [5.41, 5.74) is 1.68. The van der Waals surface area contributed by atoms with Gasteiger partial charge < -0.3 is 15.6 Å². The fourth-order valence-electron chi connectivity index (χ4n) is 2.14. The van der Waals surface area contributed by atoms with Gasteiger partial charge in [-0.15, -0.1) is 12.4 Å². The van der Waals surface area contributed by atoms with Gasteiger partial charge >= 0.3 is 0 Å². The lowest BCUT2D eigenvalue weighted by atomic mass is 10.1. The number of rotatable bonds is 4. The molecule has 0 bridgehead atoms. The van der Waals surface area contributed by atoms with E-state index in [0.29, 0.717) is 0 Å². The molecular formula is C12H20ClN3O. The predicted octanol–water partition coefficient (Wildman–Crippen LogP) is 1.47. The third-order valence-corrected chi connectivity index (χ3v) is 3.20. The topological polar surface area (TPSA) is 56.9 Å². The zero-order valence-electron chi connectivity index (χ0n) is 10.1. The highest BCUT2D eigenvalue weighted by Crippen LogP contribution is 2.11. The summed E-state index contributed by atoms with van der Waals surface area (Å²) in [5, 5.41) is 6.30. The molecule has 17 heavy (non-hydrogen) atoms. The Hall–Kier alpha value is -1.00. The van der Waals surface area contributed by atoms with Crippen molar-refractivity contribution in [3.05, 3.63) is 23.5 Å². The number of carbonyl (C=O) groups excluding carboxylic acids is 1. The molecule has 0 aliphatic carbocycles. The average Bonchev–Trinajstić information content (AvgIpc) is 2.88. The van der Waals surface area contributed by atoms with Gasteiger partial charge in [0.2, 0.25) is 0 Å². The van der Waals surface area contributed by atoms with Crippen LogP contribution in [0.15, 0.2) is 12.3 Å². The summed E-state index contributed by atoms with van der Waals surface area (Å²) in [5.74, 6) is 0.761. The summed E-state index contributed by atoms with van der Waals surface area (Å²) in [6, 6.07) is 1.82. The van der Waals surface area contributed by atoms with Crippen LogP contribution in [-0.4, -0.2) is 30.5 Å². The van der Waals surface area contributed by atoms with Gasteiger partial charge in [0.15, 0.2) is 0 Å². The van der Waals surface area contributed by atoms with Crippen LogP contribution in [0.25, 0.3) is 0 Å². The number of hydrogen-bond acceptors (Lipinski definition) is 2. The van der Waals surface area contributed by atoms with E-state index in [9.17, 15) is 4.79 Å². The maximum absolute atomic E-state index is 11.8. The molecule has 5 heteroatoms. The predicted molar refractivity (Wildman–Crippen MR) is 70.7 cm³/mol. The van der Waals surface area contributed by atoms with Crippen LogP contribution in [0.2, 0.25) is 0 Å². The molecule has 1 aromatic rings. The highest BCUT2D eigenvalue weighted by molar-refractivity contribution is 5.95. The number of aryl methyl sites for hydroxylation is 1. The van der Waals surface area contributed by atoms with E-state index in [0.717, 1.165) is 43.2 Å². The second-order valence-corrected chi connectivity index (χ2v) is 4.42. The molecule has 0 saturated carbocycles. The SMILES string of the molecule is Cc1[nH]ccc1C(=O)NCCC1CCNC1.Cl. The van der Waals surface area contributed by atoms with E-state index in [-0.39, 0.29) is 18.3 Å². The van der Waals surface area contributed by atoms with E-state index in [1.807, 2.05) is 13.0 Å². The minimum absolute atomic E-state index is 0. The van der Waals surface area contributed by atoms with Gasteiger partial charge in [0, 0.05) is 18.4 Å². The van der Waals surface area contributed by atoms with Crippen molar-refractivity contribution < 1.29 is 4.79 Å². The Morgan fingerprint density at radius 1 is 1.59 bits per heavy atom. The first-order valence-corrected chi connectivity index (χ1v) is 5.90. The number of aromatic nitrogens is 1. The highest BCUT2D eigenvalue weighted by atomic mass is 35.5. The largest absolute Gasteiger partial charge is 0.365 e. The Balaban J connectivity index is 0.00000144. The van der Waals surface area contributed by atoms with Gasteiger partial charge in [-0.2, -0.15) is 0 Å². The van der Waals surface area contributed by atoms with Gasteiger partial charge in [-0.05, 0) is 44.8 Å². The van der Waals surface area contributed by atoms with Crippen LogP contribution in [0.1, 0.15) is 28.9 Å². The van der Waals surface area contributed by atoms with Gasteiger partial charge in [0.1, 0.15) is 0 Å². The van der Waals surface area contributed by atoms with E-state index in [2.05, 4.69) is 15.6 Å². The third kappa shape index (κ3) is 3.75. The van der Waals surface area contributed by atoms with E-state index in [4.69, 9.17) is 0 Å². The summed E-state index contributed by atoms with van der Waals surface area (Å²) in [4.78, 5) is 14.8. The number of nitrogens with one attached hydrogen (secondary N) is 3. The standard InChI is InChI=1S/C12H19N3O.ClH/c1-9-11(4-7-14-9)12(16)15-6-3-10-2-5-13-8-10;/h4,7,10,13-14H,2-3,5-6,8H2,1H3,(H,15,16);1H. The molecule has 2 rings (SSSR count). The molecule has 1 saturated heterocycles. The van der Waals surface area contributed by atoms with Gasteiger partial charge in [-0.1, -0.05) is 0 Å². The summed E-state index contributed by atoms with van der Waals surface area (Å²) in [6.07, 6.45) is 4.10.